The number of benzene rings is 2. The van der Waals surface area contributed by atoms with Gasteiger partial charge < -0.3 is 39.8 Å². The van der Waals surface area contributed by atoms with Crippen LogP contribution in [0.2, 0.25) is 0 Å². The van der Waals surface area contributed by atoms with E-state index in [0.717, 1.165) is 24.1 Å². The molecule has 3 aliphatic rings. The van der Waals surface area contributed by atoms with E-state index in [0.29, 0.717) is 6.04 Å². The topological polar surface area (TPSA) is 30.3 Å². The number of methoxy groups -OCH3 is 1. The third-order valence-corrected chi connectivity index (χ3v) is 6.19. The molecule has 0 radical (unpaired) electrons. The van der Waals surface area contributed by atoms with Gasteiger partial charge >= 0.3 is 0 Å². The number of hydrogen-bond acceptors (Lipinski definition) is 1. The number of fused-ring (bicyclic) bond motifs is 3. The molecule has 0 spiro atoms. The van der Waals surface area contributed by atoms with Gasteiger partial charge in [0.15, 0.2) is 0 Å². The van der Waals surface area contributed by atoms with Gasteiger partial charge in [0.05, 0.1) is 20.2 Å². The second-order valence-corrected chi connectivity index (χ2v) is 7.72. The van der Waals surface area contributed by atoms with Gasteiger partial charge in [0.2, 0.25) is 0 Å². The number of piperidine rings is 3. The van der Waals surface area contributed by atoms with E-state index in [1.165, 1.54) is 43.6 Å². The first kappa shape index (κ1) is 22.0. The fraction of sp³-hybridized carbons (Fsp3) is 0.455. The quantitative estimate of drug-likeness (QED) is 0.493. The summed E-state index contributed by atoms with van der Waals surface area (Å²) in [6, 6.07) is 20.9. The fourth-order valence-corrected chi connectivity index (χ4v) is 4.72. The Hall–Kier alpha value is -1.26. The first-order valence-corrected chi connectivity index (χ1v) is 9.68. The Labute approximate surface area is 175 Å². The predicted molar refractivity (Wildman–Crippen MR) is 99.9 cm³/mol. The lowest BCUT2D eigenvalue weighted by Crippen LogP contribution is -3.20. The van der Waals surface area contributed by atoms with Crippen LogP contribution in [0, 0.1) is 5.92 Å². The summed E-state index contributed by atoms with van der Waals surface area (Å²) < 4.78 is 5.34. The summed E-state index contributed by atoms with van der Waals surface area (Å²) in [5.74, 6) is 1.85. The molecule has 2 bridgehead atoms. The first-order valence-electron chi connectivity index (χ1n) is 9.68. The van der Waals surface area contributed by atoms with Crippen molar-refractivity contribution in [1.29, 1.82) is 0 Å². The predicted octanol–water partition coefficient (Wildman–Crippen LogP) is -4.77. The van der Waals surface area contributed by atoms with Crippen LogP contribution in [0.15, 0.2) is 54.6 Å². The van der Waals surface area contributed by atoms with E-state index < -0.39 is 0 Å². The second-order valence-electron chi connectivity index (χ2n) is 7.72. The lowest BCUT2D eigenvalue weighted by atomic mass is 9.83. The van der Waals surface area contributed by atoms with E-state index in [2.05, 4.69) is 59.9 Å². The Morgan fingerprint density at radius 3 is 2.22 bits per heavy atom. The average molecular weight is 409 g/mol. The Kier molecular flexibility index (Phi) is 8.43. The summed E-state index contributed by atoms with van der Waals surface area (Å²) >= 11 is 0. The third kappa shape index (κ3) is 5.39. The summed E-state index contributed by atoms with van der Waals surface area (Å²) in [5.41, 5.74) is 2.84. The SMILES string of the molecule is COc1ccc(C(Cc2ccccc2)[NH2+]C2C[NH+]3CCC2CC3)cc1.[Cl-].[Cl-]. The van der Waals surface area contributed by atoms with Gasteiger partial charge in [-0.15, -0.1) is 0 Å². The minimum atomic E-state index is 0. The van der Waals surface area contributed by atoms with Gasteiger partial charge in [-0.25, -0.2) is 0 Å². The highest BCUT2D eigenvalue weighted by atomic mass is 35.5. The first-order chi connectivity index (χ1) is 12.3. The summed E-state index contributed by atoms with van der Waals surface area (Å²) in [6.45, 7) is 4.12. The number of quaternary nitrogens is 2. The fourth-order valence-electron chi connectivity index (χ4n) is 4.72. The standard InChI is InChI=1S/C22H28N2O.2ClH/c1-25-20-9-7-18(8-10-20)21(15-17-5-3-2-4-6-17)23-22-16-24-13-11-19(22)12-14-24;;/h2-10,19,21-23H,11-16H2,1H3;2*1H. The number of nitrogens with one attached hydrogen (secondary N) is 1. The van der Waals surface area contributed by atoms with Crippen molar-refractivity contribution in [3.63, 3.8) is 0 Å². The van der Waals surface area contributed by atoms with Gasteiger partial charge in [0, 0.05) is 30.7 Å². The van der Waals surface area contributed by atoms with E-state index in [-0.39, 0.29) is 24.8 Å². The minimum Gasteiger partial charge on any atom is -1.00 e. The highest BCUT2D eigenvalue weighted by molar-refractivity contribution is 5.29. The molecule has 5 rings (SSSR count). The normalized spacial score (nSPS) is 24.4. The molecule has 3 heterocycles. The molecule has 0 aliphatic carbocycles. The Morgan fingerprint density at radius 2 is 1.67 bits per heavy atom. The van der Waals surface area contributed by atoms with Crippen LogP contribution >= 0.6 is 0 Å². The number of hydrogen-bond donors (Lipinski definition) is 2. The molecule has 5 heteroatoms. The van der Waals surface area contributed by atoms with Crippen LogP contribution in [0.1, 0.15) is 30.0 Å². The van der Waals surface area contributed by atoms with Gasteiger partial charge in [0.25, 0.3) is 0 Å². The smallest absolute Gasteiger partial charge is 0.139 e. The number of rotatable bonds is 6. The summed E-state index contributed by atoms with van der Waals surface area (Å²) in [6.07, 6.45) is 3.92. The molecule has 3 fully saturated rings. The summed E-state index contributed by atoms with van der Waals surface area (Å²) in [4.78, 5) is 1.82. The van der Waals surface area contributed by atoms with E-state index >= 15 is 0 Å². The minimum absolute atomic E-state index is 0. The molecule has 3 aliphatic heterocycles. The zero-order valence-electron chi connectivity index (χ0n) is 15.9. The van der Waals surface area contributed by atoms with Gasteiger partial charge in [-0.05, 0) is 29.8 Å². The van der Waals surface area contributed by atoms with Gasteiger partial charge in [-0.1, -0.05) is 30.3 Å². The van der Waals surface area contributed by atoms with Crippen molar-refractivity contribution >= 4 is 0 Å². The molecule has 3 N–H and O–H groups in total. The van der Waals surface area contributed by atoms with Crippen molar-refractivity contribution in [1.82, 2.24) is 0 Å². The summed E-state index contributed by atoms with van der Waals surface area (Å²) in [7, 11) is 1.73. The van der Waals surface area contributed by atoms with Gasteiger partial charge in [-0.3, -0.25) is 0 Å². The van der Waals surface area contributed by atoms with Crippen LogP contribution in [-0.4, -0.2) is 32.8 Å². The van der Waals surface area contributed by atoms with E-state index in [1.54, 1.807) is 7.11 Å². The highest BCUT2D eigenvalue weighted by Crippen LogP contribution is 2.21. The largest absolute Gasteiger partial charge is 1.00 e. The van der Waals surface area contributed by atoms with Crippen LogP contribution in [-0.2, 0) is 6.42 Å². The Morgan fingerprint density at radius 1 is 1.00 bits per heavy atom. The molecule has 3 nitrogen and oxygen atoms in total. The van der Waals surface area contributed by atoms with Crippen LogP contribution in [0.5, 0.6) is 5.75 Å². The second kappa shape index (κ2) is 10.3. The molecule has 0 amide bonds. The van der Waals surface area contributed by atoms with Crippen molar-refractivity contribution < 1.29 is 39.8 Å². The van der Waals surface area contributed by atoms with E-state index in [4.69, 9.17) is 4.74 Å². The molecule has 27 heavy (non-hydrogen) atoms. The Balaban J connectivity index is 0.00000131. The lowest BCUT2D eigenvalue weighted by Gasteiger charge is -2.41. The van der Waals surface area contributed by atoms with E-state index in [9.17, 15) is 0 Å². The number of nitrogens with two attached hydrogens (primary N) is 1. The lowest BCUT2D eigenvalue weighted by molar-refractivity contribution is -0.945. The van der Waals surface area contributed by atoms with Gasteiger partial charge in [0.1, 0.15) is 24.4 Å². The molecule has 2 aromatic carbocycles. The zero-order chi connectivity index (χ0) is 17.1. The van der Waals surface area contributed by atoms with Crippen molar-refractivity contribution in [2.75, 3.05) is 26.7 Å². The number of halogens is 2. The van der Waals surface area contributed by atoms with Gasteiger partial charge in [-0.2, -0.15) is 0 Å². The molecule has 2 atom stereocenters. The maximum Gasteiger partial charge on any atom is 0.139 e. The van der Waals surface area contributed by atoms with Crippen LogP contribution < -0.4 is 39.8 Å². The maximum atomic E-state index is 5.34. The number of ether oxygens (including phenoxy) is 1. The van der Waals surface area contributed by atoms with Crippen molar-refractivity contribution in [2.24, 2.45) is 5.92 Å². The molecule has 0 saturated carbocycles. The van der Waals surface area contributed by atoms with Crippen molar-refractivity contribution in [2.45, 2.75) is 31.3 Å². The molecule has 2 aromatic rings. The monoisotopic (exact) mass is 408 g/mol. The van der Waals surface area contributed by atoms with Crippen LogP contribution in [0.3, 0.4) is 0 Å². The van der Waals surface area contributed by atoms with Crippen LogP contribution in [0.4, 0.5) is 0 Å². The molecular formula is C22H30Cl2N2O. The highest BCUT2D eigenvalue weighted by Gasteiger charge is 2.41. The maximum absolute atomic E-state index is 5.34. The zero-order valence-corrected chi connectivity index (χ0v) is 17.4. The third-order valence-electron chi connectivity index (χ3n) is 6.19. The summed E-state index contributed by atoms with van der Waals surface area (Å²) in [5, 5.41) is 2.68. The Bertz CT molecular complexity index is 672. The van der Waals surface area contributed by atoms with E-state index in [1.807, 2.05) is 4.90 Å². The molecule has 148 valence electrons. The molecule has 2 unspecified atom stereocenters. The molecule has 0 aromatic heterocycles. The molecular weight excluding hydrogens is 379 g/mol. The van der Waals surface area contributed by atoms with Crippen LogP contribution in [0.25, 0.3) is 0 Å². The van der Waals surface area contributed by atoms with Crippen molar-refractivity contribution in [3.8, 4) is 5.75 Å². The molecule has 3 saturated heterocycles. The van der Waals surface area contributed by atoms with Crippen molar-refractivity contribution in [3.05, 3.63) is 65.7 Å². The average Bonchev–Trinajstić information content (AvgIpc) is 2.69.